The quantitative estimate of drug-likeness (QED) is 0.346. The molecule has 1 aromatic rings. The Kier molecular flexibility index (Phi) is 8.97. The van der Waals surface area contributed by atoms with Gasteiger partial charge in [0.1, 0.15) is 5.69 Å². The van der Waals surface area contributed by atoms with E-state index in [9.17, 15) is 0 Å². The van der Waals surface area contributed by atoms with E-state index in [4.69, 9.17) is 6.42 Å². The van der Waals surface area contributed by atoms with Crippen molar-refractivity contribution in [3.63, 3.8) is 0 Å². The van der Waals surface area contributed by atoms with Crippen molar-refractivity contribution in [3.05, 3.63) is 18.0 Å². The fourth-order valence-electron chi connectivity index (χ4n) is 3.10. The van der Waals surface area contributed by atoms with E-state index in [1.165, 1.54) is 70.6 Å². The van der Waals surface area contributed by atoms with Crippen LogP contribution in [0.1, 0.15) is 97.1 Å². The predicted molar refractivity (Wildman–Crippen MR) is 95.9 cm³/mol. The maximum absolute atomic E-state index is 5.48. The lowest BCUT2D eigenvalue weighted by molar-refractivity contribution is 0.227. The van der Waals surface area contributed by atoms with Gasteiger partial charge in [-0.3, -0.25) is 4.68 Å². The largest absolute Gasteiger partial charge is 0.266 e. The molecule has 1 aromatic heterocycles. The van der Waals surface area contributed by atoms with E-state index in [-0.39, 0.29) is 5.54 Å². The molecule has 1 atom stereocenters. The van der Waals surface area contributed by atoms with Gasteiger partial charge in [0.2, 0.25) is 0 Å². The van der Waals surface area contributed by atoms with Crippen molar-refractivity contribution >= 4 is 0 Å². The van der Waals surface area contributed by atoms with Crippen LogP contribution in [-0.4, -0.2) is 9.78 Å². The standard InChI is InChI=1S/C20H34N2/c1-5-8-10-12-14-17-20(4,16-13-11-9-6-2)22-18-15-19(7-3)21-22/h3,15,18H,5-6,8-14,16-17H2,1-2,4H3. The predicted octanol–water partition coefficient (Wildman–Crippen LogP) is 5.91. The molecule has 0 spiro atoms. The third-order valence-corrected chi connectivity index (χ3v) is 4.68. The molecular weight excluding hydrogens is 268 g/mol. The first-order valence-electron chi connectivity index (χ1n) is 9.19. The Morgan fingerprint density at radius 2 is 1.55 bits per heavy atom. The summed E-state index contributed by atoms with van der Waals surface area (Å²) >= 11 is 0. The molecule has 0 radical (unpaired) electrons. The molecule has 0 aliphatic carbocycles. The molecule has 0 N–H and O–H groups in total. The van der Waals surface area contributed by atoms with Crippen molar-refractivity contribution in [2.45, 2.75) is 96.9 Å². The highest BCUT2D eigenvalue weighted by molar-refractivity contribution is 5.22. The summed E-state index contributed by atoms with van der Waals surface area (Å²) in [7, 11) is 0. The van der Waals surface area contributed by atoms with Gasteiger partial charge in [-0.1, -0.05) is 71.6 Å². The van der Waals surface area contributed by atoms with Gasteiger partial charge in [-0.15, -0.1) is 6.42 Å². The summed E-state index contributed by atoms with van der Waals surface area (Å²) in [6, 6.07) is 1.96. The first kappa shape index (κ1) is 18.8. The number of nitrogens with zero attached hydrogens (tertiary/aromatic N) is 2. The van der Waals surface area contributed by atoms with Crippen LogP contribution in [0.3, 0.4) is 0 Å². The minimum Gasteiger partial charge on any atom is -0.266 e. The van der Waals surface area contributed by atoms with Crippen LogP contribution in [0.2, 0.25) is 0 Å². The fraction of sp³-hybridized carbons (Fsp3) is 0.750. The average Bonchev–Trinajstić information content (AvgIpc) is 3.01. The minimum absolute atomic E-state index is 0.120. The van der Waals surface area contributed by atoms with Crippen LogP contribution in [0.5, 0.6) is 0 Å². The molecule has 0 amide bonds. The van der Waals surface area contributed by atoms with Gasteiger partial charge in [0.25, 0.3) is 0 Å². The van der Waals surface area contributed by atoms with Gasteiger partial charge in [0.05, 0.1) is 5.54 Å². The van der Waals surface area contributed by atoms with Gasteiger partial charge in [0.15, 0.2) is 0 Å². The van der Waals surface area contributed by atoms with E-state index in [0.717, 1.165) is 5.69 Å². The van der Waals surface area contributed by atoms with E-state index in [1.54, 1.807) is 0 Å². The Hall–Kier alpha value is -1.23. The summed E-state index contributed by atoms with van der Waals surface area (Å²) in [6.07, 6.45) is 21.8. The number of unbranched alkanes of at least 4 members (excludes halogenated alkanes) is 7. The van der Waals surface area contributed by atoms with E-state index < -0.39 is 0 Å². The molecule has 0 saturated carbocycles. The molecule has 2 heteroatoms. The van der Waals surface area contributed by atoms with Crippen LogP contribution in [0.25, 0.3) is 0 Å². The molecule has 0 saturated heterocycles. The Labute approximate surface area is 137 Å². The maximum Gasteiger partial charge on any atom is 0.135 e. The topological polar surface area (TPSA) is 17.8 Å². The average molecular weight is 303 g/mol. The molecule has 0 aliphatic heterocycles. The molecule has 1 heterocycles. The summed E-state index contributed by atoms with van der Waals surface area (Å²) in [6.45, 7) is 6.88. The second kappa shape index (κ2) is 10.5. The zero-order valence-corrected chi connectivity index (χ0v) is 14.9. The molecule has 0 aliphatic rings. The highest BCUT2D eigenvalue weighted by Gasteiger charge is 2.26. The number of rotatable bonds is 12. The third-order valence-electron chi connectivity index (χ3n) is 4.68. The van der Waals surface area contributed by atoms with Crippen molar-refractivity contribution < 1.29 is 0 Å². The highest BCUT2D eigenvalue weighted by atomic mass is 15.3. The van der Waals surface area contributed by atoms with E-state index >= 15 is 0 Å². The normalized spacial score (nSPS) is 13.7. The number of hydrogen-bond acceptors (Lipinski definition) is 1. The monoisotopic (exact) mass is 302 g/mol. The molecular formula is C20H34N2. The lowest BCUT2D eigenvalue weighted by Gasteiger charge is -2.30. The zero-order chi connectivity index (χ0) is 16.3. The van der Waals surface area contributed by atoms with Crippen LogP contribution in [0, 0.1) is 12.3 Å². The van der Waals surface area contributed by atoms with Crippen LogP contribution >= 0.6 is 0 Å². The Bertz CT molecular complexity index is 441. The molecule has 2 nitrogen and oxygen atoms in total. The third kappa shape index (κ3) is 6.26. The molecule has 1 unspecified atom stereocenters. The highest BCUT2D eigenvalue weighted by Crippen LogP contribution is 2.30. The molecule has 0 aromatic carbocycles. The van der Waals surface area contributed by atoms with Gasteiger partial charge in [0, 0.05) is 6.20 Å². The van der Waals surface area contributed by atoms with Gasteiger partial charge in [-0.05, 0) is 31.8 Å². The molecule has 0 fully saturated rings. The molecule has 0 bridgehead atoms. The van der Waals surface area contributed by atoms with Gasteiger partial charge < -0.3 is 0 Å². The van der Waals surface area contributed by atoms with E-state index in [0.29, 0.717) is 0 Å². The molecule has 124 valence electrons. The summed E-state index contributed by atoms with van der Waals surface area (Å²) in [4.78, 5) is 0. The fourth-order valence-corrected chi connectivity index (χ4v) is 3.10. The summed E-state index contributed by atoms with van der Waals surface area (Å²) in [5.74, 6) is 2.65. The summed E-state index contributed by atoms with van der Waals surface area (Å²) < 4.78 is 2.13. The number of hydrogen-bond donors (Lipinski definition) is 0. The zero-order valence-electron chi connectivity index (χ0n) is 14.9. The van der Waals surface area contributed by atoms with Crippen molar-refractivity contribution in [3.8, 4) is 12.3 Å². The number of aromatic nitrogens is 2. The number of terminal acetylenes is 1. The van der Waals surface area contributed by atoms with Gasteiger partial charge >= 0.3 is 0 Å². The molecule has 1 rings (SSSR count). The van der Waals surface area contributed by atoms with Crippen molar-refractivity contribution in [2.75, 3.05) is 0 Å². The van der Waals surface area contributed by atoms with Crippen LogP contribution < -0.4 is 0 Å². The van der Waals surface area contributed by atoms with Gasteiger partial charge in [-0.25, -0.2) is 0 Å². The first-order valence-corrected chi connectivity index (χ1v) is 9.19. The van der Waals surface area contributed by atoms with Crippen LogP contribution in [0.15, 0.2) is 12.3 Å². The maximum atomic E-state index is 5.48. The Morgan fingerprint density at radius 3 is 2.05 bits per heavy atom. The summed E-state index contributed by atoms with van der Waals surface area (Å²) in [5, 5.41) is 4.60. The van der Waals surface area contributed by atoms with Crippen molar-refractivity contribution in [2.24, 2.45) is 0 Å². The smallest absolute Gasteiger partial charge is 0.135 e. The van der Waals surface area contributed by atoms with E-state index in [1.807, 2.05) is 6.07 Å². The van der Waals surface area contributed by atoms with Gasteiger partial charge in [-0.2, -0.15) is 5.10 Å². The Morgan fingerprint density at radius 1 is 1.00 bits per heavy atom. The van der Waals surface area contributed by atoms with Crippen LogP contribution in [0.4, 0.5) is 0 Å². The SMILES string of the molecule is C#Cc1ccn(C(C)(CCCCCC)CCCCCCC)n1. The van der Waals surface area contributed by atoms with Crippen molar-refractivity contribution in [1.82, 2.24) is 9.78 Å². The summed E-state index contributed by atoms with van der Waals surface area (Å²) in [5.41, 5.74) is 0.875. The lowest BCUT2D eigenvalue weighted by Crippen LogP contribution is -2.31. The Balaban J connectivity index is 2.60. The first-order chi connectivity index (χ1) is 10.7. The minimum atomic E-state index is 0.120. The van der Waals surface area contributed by atoms with E-state index in [2.05, 4.69) is 42.7 Å². The van der Waals surface area contributed by atoms with Crippen LogP contribution in [-0.2, 0) is 5.54 Å². The lowest BCUT2D eigenvalue weighted by atomic mass is 9.88. The second-order valence-electron chi connectivity index (χ2n) is 6.76. The molecule has 22 heavy (non-hydrogen) atoms. The second-order valence-corrected chi connectivity index (χ2v) is 6.76. The van der Waals surface area contributed by atoms with Crippen molar-refractivity contribution in [1.29, 1.82) is 0 Å².